The summed E-state index contributed by atoms with van der Waals surface area (Å²) in [7, 11) is 0. The van der Waals surface area contributed by atoms with Crippen LogP contribution in [-0.4, -0.2) is 207 Å². The Morgan fingerprint density at radius 1 is 0.391 bits per heavy atom. The Kier molecular flexibility index (Phi) is 32.2. The molecule has 0 unspecified atom stereocenters. The molecular weight excluding hydrogens is 1700 g/mol. The van der Waals surface area contributed by atoms with Crippen LogP contribution in [0.25, 0.3) is 44.7 Å². The molecule has 6 aliphatic rings. The van der Waals surface area contributed by atoms with Gasteiger partial charge >= 0.3 is 23.9 Å². The molecule has 698 valence electrons. The second-order valence-electron chi connectivity index (χ2n) is 34.1. The van der Waals surface area contributed by atoms with Gasteiger partial charge in [0.1, 0.15) is 26.2 Å². The maximum atomic E-state index is 13.0. The van der Waals surface area contributed by atoms with Gasteiger partial charge in [0, 0.05) is 61.9 Å². The third kappa shape index (κ3) is 24.8. The fourth-order valence-electron chi connectivity index (χ4n) is 17.7. The number of carboxylic acids is 3. The molecule has 4 amide bonds. The van der Waals surface area contributed by atoms with E-state index in [4.69, 9.17) is 19.3 Å². The van der Waals surface area contributed by atoms with Gasteiger partial charge in [-0.15, -0.1) is 0 Å². The minimum atomic E-state index is -1.02. The molecule has 12 aromatic rings. The number of morpholine rings is 2. The summed E-state index contributed by atoms with van der Waals surface area (Å²) in [6, 6.07) is 33.1. The van der Waals surface area contributed by atoms with Gasteiger partial charge in [0.2, 0.25) is 29.7 Å². The van der Waals surface area contributed by atoms with Gasteiger partial charge in [-0.1, -0.05) is 157 Å². The van der Waals surface area contributed by atoms with Crippen LogP contribution in [0.5, 0.6) is 0 Å². The standard InChI is InChI=1S/C27H28N6O3.C26H34N6O3.C24H28N6O4.C18H24N6O4/c34-22(35)16-33-17-29-23-24(28-15-18-7-3-1-4-8-18)30-27(31-25(23)33)32-26(36)21-13-11-20(12-14-21)19-9-5-2-6-10-19;1-3-5-15-27-23-22-24(32(17-28-22)16-21(33)35-4-2)30-26(29-23)31-25(34)20-13-11-19(12-14-20)18-9-7-6-8-10-18;31-19(32)14-30-15-25-20-21(29-10-12-34-13-11-29)26-24(27-22(20)30)28-23(33)18-8-6-17(7-9-18)16-4-2-1-3-5-16;25-13(26)10-24-11-19-14-15(23-6-8-28-9-7-23)20-18(21-16(14)24)22-17(27)12-4-2-1-3-5-12/h1,3-4,7-8,11-14,17,19H,2,5-6,9-10,15-16H2,(H,34,35)(H2,28,30,31,32,36);11-14,17-18H,3-10,15-16H2,1-2H3,(H2,27,29,30,31,34);6-9,15-16H,1-5,10-14H2,(H,31,32)(H,26,27,28,33);11-12H,1-10H2,(H,25,26)(H,20,21,22,27). The van der Waals surface area contributed by atoms with Gasteiger partial charge in [-0.2, -0.15) is 39.9 Å². The van der Waals surface area contributed by atoms with Gasteiger partial charge in [0.15, 0.2) is 67.9 Å². The average Bonchev–Trinajstić information content (AvgIpc) is 1.67. The molecule has 4 aromatic carbocycles. The normalized spacial score (nSPS) is 15.7. The van der Waals surface area contributed by atoms with Crippen LogP contribution in [0.4, 0.5) is 47.1 Å². The number of unbranched alkanes of at least 4 members (excludes halogenated alkanes) is 1. The Labute approximate surface area is 767 Å². The van der Waals surface area contributed by atoms with Crippen LogP contribution in [0.15, 0.2) is 128 Å². The average molecular weight is 1820 g/mol. The SMILES string of the molecule is CCCCNc1nc(NC(=O)c2ccc(C3CCCCC3)cc2)nc2c1ncn2CC(=O)OCC.O=C(O)Cn1cnc2c(N3CCOCC3)nc(NC(=O)C3CCCCC3)nc21.O=C(O)Cn1cnc2c(N3CCOCC3)nc(NC(=O)c3ccc(C4CCCCC4)cc3)nc21.O=C(O)Cn1cnc2c(NCc3ccccc3)nc(NC(=O)c3ccc(C4CCCCC4)cc3)nc21. The number of nitrogens with one attached hydrogen (secondary N) is 6. The monoisotopic (exact) mass is 1810 g/mol. The van der Waals surface area contributed by atoms with Crippen molar-refractivity contribution in [1.29, 1.82) is 0 Å². The van der Waals surface area contributed by atoms with E-state index in [0.29, 0.717) is 175 Å². The number of aromatic nitrogens is 16. The number of amides is 4. The molecule has 10 heterocycles. The number of aliphatic carboxylic acids is 3. The number of nitrogens with zero attached hydrogens (tertiary/aromatic N) is 18. The molecule has 0 atom stereocenters. The molecule has 0 radical (unpaired) electrons. The van der Waals surface area contributed by atoms with E-state index in [1.54, 1.807) is 11.5 Å². The van der Waals surface area contributed by atoms with Crippen LogP contribution in [0.2, 0.25) is 0 Å². The summed E-state index contributed by atoms with van der Waals surface area (Å²) in [6.07, 6.45) is 31.6. The lowest BCUT2D eigenvalue weighted by atomic mass is 9.84. The van der Waals surface area contributed by atoms with Gasteiger partial charge in [-0.25, -0.2) is 19.9 Å². The number of esters is 1. The summed E-state index contributed by atoms with van der Waals surface area (Å²) in [5.41, 5.74) is 10.0. The Morgan fingerprint density at radius 2 is 0.737 bits per heavy atom. The first-order valence-electron chi connectivity index (χ1n) is 46.3. The van der Waals surface area contributed by atoms with Crippen LogP contribution in [-0.2, 0) is 70.9 Å². The molecule has 8 aromatic heterocycles. The van der Waals surface area contributed by atoms with Gasteiger partial charge in [0.05, 0.1) is 58.3 Å². The summed E-state index contributed by atoms with van der Waals surface area (Å²) in [5.74, 6) is -0.0706. The molecule has 4 aliphatic carbocycles. The minimum Gasteiger partial charge on any atom is -0.480 e. The topological polar surface area (TPSA) is 478 Å². The van der Waals surface area contributed by atoms with Crippen LogP contribution >= 0.6 is 0 Å². The first-order chi connectivity index (χ1) is 64.8. The maximum absolute atomic E-state index is 13.0. The number of carbonyl (C=O) groups is 8. The zero-order valence-electron chi connectivity index (χ0n) is 75.0. The summed E-state index contributed by atoms with van der Waals surface area (Å²) < 4.78 is 21.8. The van der Waals surface area contributed by atoms with E-state index in [9.17, 15) is 48.6 Å². The van der Waals surface area contributed by atoms with E-state index in [-0.39, 0.29) is 85.5 Å². The van der Waals surface area contributed by atoms with E-state index in [2.05, 4.69) is 111 Å². The lowest BCUT2D eigenvalue weighted by Crippen LogP contribution is -2.37. The number of carbonyl (C=O) groups excluding carboxylic acids is 5. The quantitative estimate of drug-likeness (QED) is 0.0155. The number of fused-ring (bicyclic) bond motifs is 4. The molecule has 133 heavy (non-hydrogen) atoms. The molecule has 6 fully saturated rings. The predicted molar refractivity (Wildman–Crippen MR) is 500 cm³/mol. The van der Waals surface area contributed by atoms with E-state index >= 15 is 0 Å². The number of hydrogen-bond acceptors (Lipinski definition) is 27. The van der Waals surface area contributed by atoms with Crippen molar-refractivity contribution in [2.24, 2.45) is 5.92 Å². The van der Waals surface area contributed by atoms with Gasteiger partial charge in [-0.3, -0.25) is 59.6 Å². The lowest BCUT2D eigenvalue weighted by Gasteiger charge is -2.28. The predicted octanol–water partition coefficient (Wildman–Crippen LogP) is 14.0. The van der Waals surface area contributed by atoms with Gasteiger partial charge < -0.3 is 68.2 Å². The van der Waals surface area contributed by atoms with Crippen molar-refractivity contribution >= 4 is 139 Å². The smallest absolute Gasteiger partial charge is 0.326 e. The highest BCUT2D eigenvalue weighted by Gasteiger charge is 2.30. The van der Waals surface area contributed by atoms with Gasteiger partial charge in [-0.05, 0) is 141 Å². The summed E-state index contributed by atoms with van der Waals surface area (Å²) in [4.78, 5) is 155. The summed E-state index contributed by atoms with van der Waals surface area (Å²) in [5, 5.41) is 45.4. The van der Waals surface area contributed by atoms with Crippen LogP contribution in [0.3, 0.4) is 0 Å². The van der Waals surface area contributed by atoms with E-state index in [1.165, 1.54) is 158 Å². The molecule has 2 saturated heterocycles. The number of carboxylic acid groups (broad SMARTS) is 3. The molecular formula is C95H114N24O14. The van der Waals surface area contributed by atoms with Crippen molar-refractivity contribution in [2.75, 3.05) is 107 Å². The highest BCUT2D eigenvalue weighted by atomic mass is 16.5. The molecule has 38 heteroatoms. The van der Waals surface area contributed by atoms with E-state index in [0.717, 1.165) is 44.1 Å². The first kappa shape index (κ1) is 93.6. The zero-order chi connectivity index (χ0) is 92.5. The van der Waals surface area contributed by atoms with Gasteiger partial charge in [0.25, 0.3) is 17.7 Å². The highest BCUT2D eigenvalue weighted by molar-refractivity contribution is 6.06. The fraction of sp³-hybridized carbons (Fsp3) is 0.453. The number of hydrogen-bond donors (Lipinski definition) is 9. The molecule has 0 spiro atoms. The third-order valence-electron chi connectivity index (χ3n) is 24.7. The number of imidazole rings is 4. The van der Waals surface area contributed by atoms with Crippen LogP contribution in [0.1, 0.15) is 226 Å². The highest BCUT2D eigenvalue weighted by Crippen LogP contribution is 2.38. The number of rotatable bonds is 29. The Hall–Kier alpha value is -14.0. The largest absolute Gasteiger partial charge is 0.480 e. The van der Waals surface area contributed by atoms with Crippen molar-refractivity contribution in [3.63, 3.8) is 0 Å². The molecule has 18 rings (SSSR count). The van der Waals surface area contributed by atoms with Crippen molar-refractivity contribution in [3.05, 3.63) is 167 Å². The first-order valence-corrected chi connectivity index (χ1v) is 46.3. The Balaban J connectivity index is 0.000000136. The Bertz CT molecular complexity index is 6010. The second kappa shape index (κ2) is 45.7. The molecule has 4 saturated carbocycles. The summed E-state index contributed by atoms with van der Waals surface area (Å²) >= 11 is 0. The number of anilines is 8. The van der Waals surface area contributed by atoms with E-state index < -0.39 is 17.9 Å². The third-order valence-corrected chi connectivity index (χ3v) is 24.7. The number of benzene rings is 4. The molecule has 2 aliphatic heterocycles. The fourth-order valence-corrected chi connectivity index (χ4v) is 17.7. The van der Waals surface area contributed by atoms with Crippen molar-refractivity contribution in [3.8, 4) is 0 Å². The van der Waals surface area contributed by atoms with Crippen LogP contribution < -0.4 is 41.7 Å². The molecule has 9 N–H and O–H groups in total. The van der Waals surface area contributed by atoms with Crippen LogP contribution in [0, 0.1) is 5.92 Å². The molecule has 0 bridgehead atoms. The lowest BCUT2D eigenvalue weighted by molar-refractivity contribution is -0.144. The van der Waals surface area contributed by atoms with Crippen molar-refractivity contribution < 1.29 is 67.9 Å². The maximum Gasteiger partial charge on any atom is 0.326 e. The zero-order valence-corrected chi connectivity index (χ0v) is 75.0. The second-order valence-corrected chi connectivity index (χ2v) is 34.1. The summed E-state index contributed by atoms with van der Waals surface area (Å²) in [6.45, 7) is 9.27. The Morgan fingerprint density at radius 3 is 1.11 bits per heavy atom. The van der Waals surface area contributed by atoms with Crippen molar-refractivity contribution in [1.82, 2.24) is 78.1 Å². The minimum absolute atomic E-state index is 0.0221. The van der Waals surface area contributed by atoms with Crippen molar-refractivity contribution in [2.45, 2.75) is 206 Å². The molecule has 38 nitrogen and oxygen atoms in total. The van der Waals surface area contributed by atoms with E-state index in [1.807, 2.05) is 101 Å². The number of ether oxygens (including phenoxy) is 3.